The van der Waals surface area contributed by atoms with E-state index in [0.717, 1.165) is 23.4 Å². The van der Waals surface area contributed by atoms with Crippen LogP contribution in [-0.4, -0.2) is 6.61 Å². The molecule has 0 fully saturated rings. The third kappa shape index (κ3) is 1.84. The highest BCUT2D eigenvalue weighted by Crippen LogP contribution is 2.36. The molecule has 2 aromatic carbocycles. The van der Waals surface area contributed by atoms with Gasteiger partial charge in [0, 0.05) is 5.92 Å². The van der Waals surface area contributed by atoms with Crippen LogP contribution in [0.2, 0.25) is 0 Å². The van der Waals surface area contributed by atoms with E-state index < -0.39 is 0 Å². The summed E-state index contributed by atoms with van der Waals surface area (Å²) in [5.41, 5.74) is 10.6. The van der Waals surface area contributed by atoms with Gasteiger partial charge in [-0.05, 0) is 36.1 Å². The number of hydrogen-bond acceptors (Lipinski definition) is 2. The molecule has 2 aromatic rings. The molecule has 1 unspecified atom stereocenters. The Balaban J connectivity index is 1.70. The van der Waals surface area contributed by atoms with Gasteiger partial charge in [0.05, 0.1) is 12.3 Å². The molecular formula is C16H17NO. The maximum atomic E-state index is 5.94. The Morgan fingerprint density at radius 3 is 2.78 bits per heavy atom. The number of hydrogen-bond donors (Lipinski definition) is 1. The van der Waals surface area contributed by atoms with E-state index in [1.165, 1.54) is 11.1 Å². The maximum Gasteiger partial charge on any atom is 0.145 e. The molecule has 3 rings (SSSR count). The van der Waals surface area contributed by atoms with Gasteiger partial charge in [-0.1, -0.05) is 36.4 Å². The molecule has 0 spiro atoms. The first-order valence-electron chi connectivity index (χ1n) is 6.31. The Morgan fingerprint density at radius 2 is 2.00 bits per heavy atom. The van der Waals surface area contributed by atoms with E-state index in [1.807, 2.05) is 25.1 Å². The number of ether oxygens (including phenoxy) is 1. The van der Waals surface area contributed by atoms with E-state index in [9.17, 15) is 0 Å². The minimum atomic E-state index is 0.514. The van der Waals surface area contributed by atoms with Crippen molar-refractivity contribution in [3.63, 3.8) is 0 Å². The van der Waals surface area contributed by atoms with Gasteiger partial charge in [0.1, 0.15) is 5.75 Å². The van der Waals surface area contributed by atoms with Crippen LogP contribution < -0.4 is 10.5 Å². The van der Waals surface area contributed by atoms with E-state index in [-0.39, 0.29) is 0 Å². The lowest BCUT2D eigenvalue weighted by Crippen LogP contribution is -2.23. The normalized spacial score (nSPS) is 16.8. The van der Waals surface area contributed by atoms with Crippen molar-refractivity contribution in [2.45, 2.75) is 19.3 Å². The number of fused-ring (bicyclic) bond motifs is 1. The molecular weight excluding hydrogens is 222 g/mol. The Bertz CT molecular complexity index is 557. The highest BCUT2D eigenvalue weighted by Gasteiger charge is 2.26. The largest absolute Gasteiger partial charge is 0.491 e. The van der Waals surface area contributed by atoms with Crippen molar-refractivity contribution in [3.8, 4) is 5.75 Å². The SMILES string of the molecule is Cc1cccc(N)c1OCC1Cc2ccccc21. The van der Waals surface area contributed by atoms with Crippen LogP contribution in [0.25, 0.3) is 0 Å². The van der Waals surface area contributed by atoms with Crippen molar-refractivity contribution in [2.75, 3.05) is 12.3 Å². The molecule has 0 bridgehead atoms. The average Bonchev–Trinajstić information content (AvgIpc) is 2.33. The quantitative estimate of drug-likeness (QED) is 0.834. The number of nitrogens with two attached hydrogens (primary N) is 1. The van der Waals surface area contributed by atoms with Crippen molar-refractivity contribution in [1.82, 2.24) is 0 Å². The van der Waals surface area contributed by atoms with Crippen molar-refractivity contribution < 1.29 is 4.74 Å². The zero-order valence-corrected chi connectivity index (χ0v) is 10.5. The second kappa shape index (κ2) is 4.37. The van der Waals surface area contributed by atoms with Crippen molar-refractivity contribution in [2.24, 2.45) is 0 Å². The monoisotopic (exact) mass is 239 g/mol. The van der Waals surface area contributed by atoms with Gasteiger partial charge in [0.15, 0.2) is 0 Å². The van der Waals surface area contributed by atoms with Crippen molar-refractivity contribution >= 4 is 5.69 Å². The van der Waals surface area contributed by atoms with Crippen molar-refractivity contribution in [3.05, 3.63) is 59.2 Å². The number of anilines is 1. The standard InChI is InChI=1S/C16H17NO/c1-11-5-4-8-15(17)16(11)18-10-13-9-12-6-2-3-7-14(12)13/h2-8,13H,9-10,17H2,1H3. The first-order valence-corrected chi connectivity index (χ1v) is 6.31. The fourth-order valence-electron chi connectivity index (χ4n) is 2.57. The lowest BCUT2D eigenvalue weighted by Gasteiger charge is -2.30. The van der Waals surface area contributed by atoms with Gasteiger partial charge >= 0.3 is 0 Å². The van der Waals surface area contributed by atoms with E-state index in [0.29, 0.717) is 12.5 Å². The second-order valence-electron chi connectivity index (χ2n) is 4.90. The number of aryl methyl sites for hydroxylation is 1. The third-order valence-corrected chi connectivity index (χ3v) is 3.63. The highest BCUT2D eigenvalue weighted by molar-refractivity contribution is 5.56. The van der Waals surface area contributed by atoms with Crippen LogP contribution in [0.3, 0.4) is 0 Å². The molecule has 0 amide bonds. The zero-order chi connectivity index (χ0) is 12.5. The minimum Gasteiger partial charge on any atom is -0.491 e. The molecule has 1 aliphatic carbocycles. The third-order valence-electron chi connectivity index (χ3n) is 3.63. The maximum absolute atomic E-state index is 5.94. The Hall–Kier alpha value is -1.96. The lowest BCUT2D eigenvalue weighted by molar-refractivity contribution is 0.275. The first-order chi connectivity index (χ1) is 8.75. The number of para-hydroxylation sites is 1. The fraction of sp³-hybridized carbons (Fsp3) is 0.250. The lowest BCUT2D eigenvalue weighted by atomic mass is 9.78. The summed E-state index contributed by atoms with van der Waals surface area (Å²) < 4.78 is 5.90. The molecule has 0 aromatic heterocycles. The predicted octanol–water partition coefficient (Wildman–Crippen LogP) is 3.30. The summed E-state index contributed by atoms with van der Waals surface area (Å²) in [6.07, 6.45) is 1.11. The van der Waals surface area contributed by atoms with Crippen LogP contribution in [-0.2, 0) is 6.42 Å². The van der Waals surface area contributed by atoms with Crippen LogP contribution in [0.4, 0.5) is 5.69 Å². The van der Waals surface area contributed by atoms with Crippen LogP contribution in [0.1, 0.15) is 22.6 Å². The Kier molecular flexibility index (Phi) is 2.71. The van der Waals surface area contributed by atoms with Crippen LogP contribution in [0, 0.1) is 6.92 Å². The van der Waals surface area contributed by atoms with Gasteiger partial charge in [0.2, 0.25) is 0 Å². The Labute approximate surface area is 107 Å². The molecule has 1 aliphatic rings. The van der Waals surface area contributed by atoms with Crippen molar-refractivity contribution in [1.29, 1.82) is 0 Å². The number of nitrogen functional groups attached to an aromatic ring is 1. The molecule has 0 heterocycles. The summed E-state index contributed by atoms with van der Waals surface area (Å²) in [4.78, 5) is 0. The summed E-state index contributed by atoms with van der Waals surface area (Å²) in [6, 6.07) is 14.4. The smallest absolute Gasteiger partial charge is 0.145 e. The highest BCUT2D eigenvalue weighted by atomic mass is 16.5. The van der Waals surface area contributed by atoms with Gasteiger partial charge in [-0.3, -0.25) is 0 Å². The first kappa shape index (κ1) is 11.1. The van der Waals surface area contributed by atoms with E-state index >= 15 is 0 Å². The van der Waals surface area contributed by atoms with Gasteiger partial charge in [-0.15, -0.1) is 0 Å². The van der Waals surface area contributed by atoms with Gasteiger partial charge in [0.25, 0.3) is 0 Å². The molecule has 1 atom stereocenters. The molecule has 2 nitrogen and oxygen atoms in total. The Morgan fingerprint density at radius 1 is 1.17 bits per heavy atom. The van der Waals surface area contributed by atoms with E-state index in [1.54, 1.807) is 0 Å². The molecule has 92 valence electrons. The van der Waals surface area contributed by atoms with Gasteiger partial charge < -0.3 is 10.5 Å². The summed E-state index contributed by atoms with van der Waals surface area (Å²) in [6.45, 7) is 2.74. The van der Waals surface area contributed by atoms with Crippen LogP contribution in [0.5, 0.6) is 5.75 Å². The molecule has 0 aliphatic heterocycles. The topological polar surface area (TPSA) is 35.2 Å². The summed E-state index contributed by atoms with van der Waals surface area (Å²) >= 11 is 0. The van der Waals surface area contributed by atoms with Crippen LogP contribution in [0.15, 0.2) is 42.5 Å². The van der Waals surface area contributed by atoms with E-state index in [2.05, 4.69) is 24.3 Å². The van der Waals surface area contributed by atoms with Gasteiger partial charge in [-0.2, -0.15) is 0 Å². The summed E-state index contributed by atoms with van der Waals surface area (Å²) in [5, 5.41) is 0. The average molecular weight is 239 g/mol. The van der Waals surface area contributed by atoms with E-state index in [4.69, 9.17) is 10.5 Å². The number of rotatable bonds is 3. The second-order valence-corrected chi connectivity index (χ2v) is 4.90. The predicted molar refractivity (Wildman–Crippen MR) is 74.0 cm³/mol. The number of benzene rings is 2. The van der Waals surface area contributed by atoms with Gasteiger partial charge in [-0.25, -0.2) is 0 Å². The zero-order valence-electron chi connectivity index (χ0n) is 10.5. The molecule has 18 heavy (non-hydrogen) atoms. The fourth-order valence-corrected chi connectivity index (χ4v) is 2.57. The molecule has 0 saturated carbocycles. The molecule has 0 radical (unpaired) electrons. The summed E-state index contributed by atoms with van der Waals surface area (Å²) in [5.74, 6) is 1.35. The summed E-state index contributed by atoms with van der Waals surface area (Å²) in [7, 11) is 0. The minimum absolute atomic E-state index is 0.514. The van der Waals surface area contributed by atoms with Crippen LogP contribution >= 0.6 is 0 Å². The molecule has 2 heteroatoms. The molecule has 2 N–H and O–H groups in total. The molecule has 0 saturated heterocycles.